The number of hydrogen-bond donors (Lipinski definition) is 2. The molecule has 0 radical (unpaired) electrons. The molecule has 0 aromatic carbocycles. The highest BCUT2D eigenvalue weighted by Crippen LogP contribution is 2.18. The molecular weight excluding hydrogens is 238 g/mol. The molecule has 104 valence electrons. The molecule has 2 rings (SSSR count). The fourth-order valence-corrected chi connectivity index (χ4v) is 2.36. The summed E-state index contributed by atoms with van der Waals surface area (Å²) in [7, 11) is 0. The van der Waals surface area contributed by atoms with Crippen LogP contribution in [0.5, 0.6) is 0 Å². The first kappa shape index (κ1) is 13.8. The number of pyridine rings is 1. The van der Waals surface area contributed by atoms with E-state index in [9.17, 15) is 4.79 Å². The molecule has 1 aliphatic carbocycles. The first-order valence-electron chi connectivity index (χ1n) is 6.99. The molecule has 1 aromatic rings. The van der Waals surface area contributed by atoms with E-state index in [2.05, 4.69) is 36.4 Å². The highest BCUT2D eigenvalue weighted by molar-refractivity contribution is 5.92. The molecule has 1 heterocycles. The van der Waals surface area contributed by atoms with E-state index < -0.39 is 0 Å². The van der Waals surface area contributed by atoms with Crippen LogP contribution in [-0.4, -0.2) is 22.5 Å². The van der Waals surface area contributed by atoms with Crippen LogP contribution in [0.15, 0.2) is 18.3 Å². The van der Waals surface area contributed by atoms with Crippen molar-refractivity contribution in [1.29, 1.82) is 0 Å². The molecule has 2 N–H and O–H groups in total. The van der Waals surface area contributed by atoms with E-state index >= 15 is 0 Å². The van der Waals surface area contributed by atoms with E-state index in [4.69, 9.17) is 0 Å². The Kier molecular flexibility index (Phi) is 4.08. The molecule has 1 aliphatic rings. The number of nitrogens with one attached hydrogen (secondary N) is 2. The van der Waals surface area contributed by atoms with Gasteiger partial charge in [-0.2, -0.15) is 0 Å². The van der Waals surface area contributed by atoms with E-state index in [1.165, 1.54) is 12.8 Å². The summed E-state index contributed by atoms with van der Waals surface area (Å²) in [4.78, 5) is 16.2. The lowest BCUT2D eigenvalue weighted by Crippen LogP contribution is -2.33. The summed E-state index contributed by atoms with van der Waals surface area (Å²) in [6.45, 7) is 6.27. The lowest BCUT2D eigenvalue weighted by molar-refractivity contribution is 0.0933. The van der Waals surface area contributed by atoms with Crippen molar-refractivity contribution in [3.8, 4) is 0 Å². The summed E-state index contributed by atoms with van der Waals surface area (Å²) in [5.41, 5.74) is 1.42. The Morgan fingerprint density at radius 3 is 2.47 bits per heavy atom. The van der Waals surface area contributed by atoms with E-state index in [0.717, 1.165) is 18.5 Å². The number of aromatic nitrogens is 1. The normalized spacial score (nSPS) is 16.4. The fourth-order valence-electron chi connectivity index (χ4n) is 2.36. The summed E-state index contributed by atoms with van der Waals surface area (Å²) < 4.78 is 0. The van der Waals surface area contributed by atoms with Gasteiger partial charge in [-0.3, -0.25) is 4.79 Å². The second kappa shape index (κ2) is 5.59. The van der Waals surface area contributed by atoms with Gasteiger partial charge in [-0.05, 0) is 45.7 Å². The number of amides is 1. The minimum Gasteiger partial charge on any atom is -0.379 e. The summed E-state index contributed by atoms with van der Waals surface area (Å²) in [6.07, 6.45) is 6.33. The van der Waals surface area contributed by atoms with Gasteiger partial charge in [0.1, 0.15) is 5.69 Å². The Morgan fingerprint density at radius 1 is 1.26 bits per heavy atom. The Labute approximate surface area is 115 Å². The predicted octanol–water partition coefficient (Wildman–Crippen LogP) is 2.96. The van der Waals surface area contributed by atoms with Gasteiger partial charge in [0.05, 0.1) is 11.9 Å². The van der Waals surface area contributed by atoms with Crippen molar-refractivity contribution in [2.75, 3.05) is 5.32 Å². The van der Waals surface area contributed by atoms with Crippen molar-refractivity contribution in [2.24, 2.45) is 0 Å². The van der Waals surface area contributed by atoms with Crippen molar-refractivity contribution in [2.45, 2.75) is 58.0 Å². The smallest absolute Gasteiger partial charge is 0.270 e. The van der Waals surface area contributed by atoms with E-state index in [0.29, 0.717) is 11.7 Å². The van der Waals surface area contributed by atoms with Crippen LogP contribution >= 0.6 is 0 Å². The molecule has 4 heteroatoms. The highest BCUT2D eigenvalue weighted by atomic mass is 16.1. The zero-order valence-electron chi connectivity index (χ0n) is 12.0. The number of carbonyl (C=O) groups excluding carboxylic acids is 1. The van der Waals surface area contributed by atoms with Gasteiger partial charge >= 0.3 is 0 Å². The van der Waals surface area contributed by atoms with Crippen LogP contribution in [0, 0.1) is 0 Å². The van der Waals surface area contributed by atoms with Gasteiger partial charge in [0.25, 0.3) is 5.91 Å². The SMILES string of the molecule is CC(C)(C)Nc1ccc(C(=O)NC2CCCC2)nc1. The van der Waals surface area contributed by atoms with Gasteiger partial charge in [-0.1, -0.05) is 12.8 Å². The second-order valence-electron chi connectivity index (χ2n) is 6.26. The molecule has 0 spiro atoms. The molecule has 0 aliphatic heterocycles. The number of rotatable bonds is 3. The molecule has 1 fully saturated rings. The van der Waals surface area contributed by atoms with Crippen LogP contribution in [-0.2, 0) is 0 Å². The fraction of sp³-hybridized carbons (Fsp3) is 0.600. The van der Waals surface area contributed by atoms with Gasteiger partial charge < -0.3 is 10.6 Å². The van der Waals surface area contributed by atoms with Gasteiger partial charge in [0, 0.05) is 11.6 Å². The van der Waals surface area contributed by atoms with Gasteiger partial charge in [0.15, 0.2) is 0 Å². The Bertz CT molecular complexity index is 428. The Hall–Kier alpha value is -1.58. The maximum Gasteiger partial charge on any atom is 0.270 e. The van der Waals surface area contributed by atoms with Crippen molar-refractivity contribution >= 4 is 11.6 Å². The predicted molar refractivity (Wildman–Crippen MR) is 77.3 cm³/mol. The van der Waals surface area contributed by atoms with Crippen molar-refractivity contribution in [3.05, 3.63) is 24.0 Å². The molecular formula is C15H23N3O. The van der Waals surface area contributed by atoms with Crippen LogP contribution in [0.2, 0.25) is 0 Å². The van der Waals surface area contributed by atoms with Gasteiger partial charge in [-0.15, -0.1) is 0 Å². The van der Waals surface area contributed by atoms with Crippen LogP contribution in [0.1, 0.15) is 56.9 Å². The highest BCUT2D eigenvalue weighted by Gasteiger charge is 2.18. The minimum atomic E-state index is -0.0609. The number of carbonyl (C=O) groups is 1. The Balaban J connectivity index is 1.95. The maximum atomic E-state index is 12.0. The molecule has 19 heavy (non-hydrogen) atoms. The Morgan fingerprint density at radius 2 is 1.95 bits per heavy atom. The van der Waals surface area contributed by atoms with Crippen molar-refractivity contribution in [1.82, 2.24) is 10.3 Å². The third-order valence-electron chi connectivity index (χ3n) is 3.21. The quantitative estimate of drug-likeness (QED) is 0.879. The van der Waals surface area contributed by atoms with Crippen LogP contribution in [0.25, 0.3) is 0 Å². The first-order valence-corrected chi connectivity index (χ1v) is 6.99. The zero-order chi connectivity index (χ0) is 13.9. The summed E-state index contributed by atoms with van der Waals surface area (Å²) >= 11 is 0. The average molecular weight is 261 g/mol. The standard InChI is InChI=1S/C15H23N3O/c1-15(2,3)18-12-8-9-13(16-10-12)14(19)17-11-6-4-5-7-11/h8-11,18H,4-7H2,1-3H3,(H,17,19). The number of anilines is 1. The van der Waals surface area contributed by atoms with Gasteiger partial charge in [0.2, 0.25) is 0 Å². The molecule has 0 saturated heterocycles. The monoisotopic (exact) mass is 261 g/mol. The summed E-state index contributed by atoms with van der Waals surface area (Å²) in [6, 6.07) is 4.02. The largest absolute Gasteiger partial charge is 0.379 e. The summed E-state index contributed by atoms with van der Waals surface area (Å²) in [5, 5.41) is 6.37. The number of hydrogen-bond acceptors (Lipinski definition) is 3. The zero-order valence-corrected chi connectivity index (χ0v) is 12.0. The molecule has 1 aromatic heterocycles. The van der Waals surface area contributed by atoms with Crippen molar-refractivity contribution < 1.29 is 4.79 Å². The lowest BCUT2D eigenvalue weighted by atomic mass is 10.1. The molecule has 0 bridgehead atoms. The van der Waals surface area contributed by atoms with Crippen LogP contribution in [0.4, 0.5) is 5.69 Å². The molecule has 4 nitrogen and oxygen atoms in total. The maximum absolute atomic E-state index is 12.0. The van der Waals surface area contributed by atoms with E-state index in [1.807, 2.05) is 6.07 Å². The lowest BCUT2D eigenvalue weighted by Gasteiger charge is -2.21. The molecule has 0 unspecified atom stereocenters. The molecule has 0 atom stereocenters. The van der Waals surface area contributed by atoms with E-state index in [-0.39, 0.29) is 11.4 Å². The van der Waals surface area contributed by atoms with Crippen LogP contribution < -0.4 is 10.6 Å². The third kappa shape index (κ3) is 4.23. The molecule has 1 amide bonds. The van der Waals surface area contributed by atoms with Crippen LogP contribution in [0.3, 0.4) is 0 Å². The summed E-state index contributed by atoms with van der Waals surface area (Å²) in [5.74, 6) is -0.0609. The van der Waals surface area contributed by atoms with Crippen molar-refractivity contribution in [3.63, 3.8) is 0 Å². The second-order valence-corrected chi connectivity index (χ2v) is 6.26. The first-order chi connectivity index (χ1) is 8.94. The third-order valence-corrected chi connectivity index (χ3v) is 3.21. The average Bonchev–Trinajstić information content (AvgIpc) is 2.80. The van der Waals surface area contributed by atoms with Gasteiger partial charge in [-0.25, -0.2) is 4.98 Å². The van der Waals surface area contributed by atoms with E-state index in [1.54, 1.807) is 12.3 Å². The topological polar surface area (TPSA) is 54.0 Å². The number of nitrogens with zero attached hydrogens (tertiary/aromatic N) is 1. The minimum absolute atomic E-state index is 0.00466. The molecule has 1 saturated carbocycles.